The van der Waals surface area contributed by atoms with Gasteiger partial charge in [0.05, 0.1) is 31.1 Å². The van der Waals surface area contributed by atoms with Gasteiger partial charge in [-0.3, -0.25) is 14.4 Å². The Kier molecular flexibility index (Phi) is 11.1. The monoisotopic (exact) mass is 648 g/mol. The zero-order valence-corrected chi connectivity index (χ0v) is 26.7. The summed E-state index contributed by atoms with van der Waals surface area (Å²) in [5.74, 6) is 0.742. The molecule has 2 aliphatic heterocycles. The smallest absolute Gasteiger partial charge is 0.315 e. The number of carbonyl (C=O) groups is 3. The van der Waals surface area contributed by atoms with E-state index in [2.05, 4.69) is 21.0 Å². The average molecular weight is 649 g/mol. The molecule has 14 heteroatoms. The van der Waals surface area contributed by atoms with E-state index >= 15 is 0 Å². The van der Waals surface area contributed by atoms with Crippen molar-refractivity contribution in [3.63, 3.8) is 0 Å². The summed E-state index contributed by atoms with van der Waals surface area (Å²) in [6.45, 7) is 5.15. The third kappa shape index (κ3) is 9.08. The fourth-order valence-electron chi connectivity index (χ4n) is 5.29. The molecule has 2 atom stereocenters. The quantitative estimate of drug-likeness (QED) is 0.339. The van der Waals surface area contributed by atoms with E-state index in [4.69, 9.17) is 18.9 Å². The molecule has 250 valence electrons. The average Bonchev–Trinajstić information content (AvgIpc) is 3.05. The van der Waals surface area contributed by atoms with Crippen molar-refractivity contribution in [3.05, 3.63) is 81.3 Å². The second-order valence-electron chi connectivity index (χ2n) is 11.4. The largest absolute Gasteiger partial charge is 0.491 e. The van der Waals surface area contributed by atoms with Crippen molar-refractivity contribution in [1.29, 1.82) is 0 Å². The molecule has 3 aromatic rings. The summed E-state index contributed by atoms with van der Waals surface area (Å²) in [6.07, 6.45) is -0.114. The Labute approximate surface area is 272 Å². The van der Waals surface area contributed by atoms with E-state index in [9.17, 15) is 19.2 Å². The topological polar surface area (TPSA) is 162 Å². The van der Waals surface area contributed by atoms with E-state index in [0.29, 0.717) is 54.7 Å². The van der Waals surface area contributed by atoms with Gasteiger partial charge < -0.3 is 39.8 Å². The van der Waals surface area contributed by atoms with Crippen LogP contribution in [0.4, 0.5) is 4.79 Å². The number of amides is 4. The van der Waals surface area contributed by atoms with Gasteiger partial charge in [0.1, 0.15) is 30.4 Å². The molecule has 5 rings (SSSR count). The Morgan fingerprint density at radius 3 is 2.68 bits per heavy atom. The predicted octanol–water partition coefficient (Wildman–Crippen LogP) is 1.91. The number of hydrogen-bond donors (Lipinski definition) is 3. The number of aryl methyl sites for hydroxylation is 2. The van der Waals surface area contributed by atoms with Crippen LogP contribution in [0.5, 0.6) is 17.2 Å². The third-order valence-corrected chi connectivity index (χ3v) is 7.94. The number of nitrogens with zero attached hydrogens (tertiary/aromatic N) is 3. The van der Waals surface area contributed by atoms with Gasteiger partial charge in [0.2, 0.25) is 5.91 Å². The van der Waals surface area contributed by atoms with Crippen LogP contribution in [0.2, 0.25) is 0 Å². The number of fused-ring (bicyclic) bond motifs is 5. The Morgan fingerprint density at radius 1 is 1.02 bits per heavy atom. The molecular formula is C33H40N6O8. The lowest BCUT2D eigenvalue weighted by Crippen LogP contribution is -2.58. The summed E-state index contributed by atoms with van der Waals surface area (Å²) in [5.41, 5.74) is 2.22. The maximum absolute atomic E-state index is 13.3. The van der Waals surface area contributed by atoms with Crippen LogP contribution in [0.25, 0.3) is 0 Å². The number of benzene rings is 2. The number of nitrogens with one attached hydrogen (secondary N) is 3. The summed E-state index contributed by atoms with van der Waals surface area (Å²) in [7, 11) is 1.57. The molecule has 0 aliphatic carbocycles. The van der Waals surface area contributed by atoms with Crippen molar-refractivity contribution in [1.82, 2.24) is 30.6 Å². The second kappa shape index (κ2) is 15.6. The third-order valence-electron chi connectivity index (χ3n) is 7.94. The fourth-order valence-corrected chi connectivity index (χ4v) is 5.29. The number of hydrogen-bond acceptors (Lipinski definition) is 9. The molecule has 3 heterocycles. The van der Waals surface area contributed by atoms with Crippen LogP contribution in [0, 0.1) is 13.8 Å². The van der Waals surface area contributed by atoms with Crippen molar-refractivity contribution in [3.8, 4) is 17.2 Å². The number of rotatable bonds is 6. The molecular weight excluding hydrogens is 608 g/mol. The lowest BCUT2D eigenvalue weighted by molar-refractivity contribution is -0.137. The Morgan fingerprint density at radius 2 is 1.85 bits per heavy atom. The first kappa shape index (κ1) is 33.4. The number of aromatic nitrogens is 2. The summed E-state index contributed by atoms with van der Waals surface area (Å²) >= 11 is 0. The molecule has 1 fully saturated rings. The molecule has 3 N–H and O–H groups in total. The van der Waals surface area contributed by atoms with Crippen LogP contribution in [0.1, 0.15) is 33.6 Å². The standard InChI is InChI=1S/C33H40N6O8/c1-21-13-30(40)39(37-22(21)2)19-31(41)38-10-7-28-29(18-38)46-20-23-5-4-6-25(14-23)47-27-16-24(15-26(17-27)45-12-11-44-3)32(42)34-8-9-35-33(43)36-28/h4-6,13-17,28-29H,7-12,18-20H2,1-3H3,(H,34,42)(H2,35,36,43)/t28-,29-/m0/s1. The molecule has 14 nitrogen and oxygen atoms in total. The van der Waals surface area contributed by atoms with E-state index < -0.39 is 18.2 Å². The summed E-state index contributed by atoms with van der Waals surface area (Å²) in [4.78, 5) is 53.2. The van der Waals surface area contributed by atoms with Gasteiger partial charge in [-0.25, -0.2) is 9.48 Å². The van der Waals surface area contributed by atoms with E-state index in [1.54, 1.807) is 50.1 Å². The maximum Gasteiger partial charge on any atom is 0.315 e. The number of methoxy groups -OCH3 is 1. The maximum atomic E-state index is 13.3. The van der Waals surface area contributed by atoms with Crippen molar-refractivity contribution in [2.24, 2.45) is 0 Å². The first-order chi connectivity index (χ1) is 22.7. The molecule has 1 aromatic heterocycles. The minimum Gasteiger partial charge on any atom is -0.491 e. The van der Waals surface area contributed by atoms with Crippen LogP contribution in [-0.4, -0.2) is 91.2 Å². The normalized spacial score (nSPS) is 18.7. The number of likely N-dealkylation sites (tertiary alicyclic amines) is 1. The zero-order chi connectivity index (χ0) is 33.3. The minimum absolute atomic E-state index is 0.176. The number of piperidine rings is 1. The molecule has 2 aromatic carbocycles. The summed E-state index contributed by atoms with van der Waals surface area (Å²) in [6, 6.07) is 12.9. The molecule has 0 unspecified atom stereocenters. The first-order valence-electron chi connectivity index (χ1n) is 15.5. The van der Waals surface area contributed by atoms with Crippen LogP contribution < -0.4 is 31.0 Å². The minimum atomic E-state index is -0.547. The SMILES string of the molecule is COCCOc1cc2cc(c1)C(=O)NCCNC(=O)N[C@H]1CCN(C(=O)Cn3nc(C)c(C)cc3=O)C[C@@H]1OCc1cccc(c1)O2. The molecule has 0 spiro atoms. The molecule has 4 amide bonds. The van der Waals surface area contributed by atoms with Gasteiger partial charge in [0.15, 0.2) is 0 Å². The van der Waals surface area contributed by atoms with E-state index in [1.807, 2.05) is 18.2 Å². The summed E-state index contributed by atoms with van der Waals surface area (Å²) in [5, 5.41) is 12.8. The highest BCUT2D eigenvalue weighted by Crippen LogP contribution is 2.29. The van der Waals surface area contributed by atoms with Crippen molar-refractivity contribution >= 4 is 17.8 Å². The Bertz CT molecular complexity index is 1660. The van der Waals surface area contributed by atoms with Gasteiger partial charge >= 0.3 is 6.03 Å². The molecule has 4 bridgehead atoms. The molecule has 1 saturated heterocycles. The number of urea groups is 1. The van der Waals surface area contributed by atoms with Gasteiger partial charge in [-0.2, -0.15) is 5.10 Å². The van der Waals surface area contributed by atoms with Gasteiger partial charge in [-0.1, -0.05) is 12.1 Å². The fraction of sp³-hybridized carbons (Fsp3) is 0.424. The molecule has 47 heavy (non-hydrogen) atoms. The van der Waals surface area contributed by atoms with Gasteiger partial charge in [-0.05, 0) is 55.7 Å². The zero-order valence-electron chi connectivity index (χ0n) is 26.7. The predicted molar refractivity (Wildman–Crippen MR) is 171 cm³/mol. The van der Waals surface area contributed by atoms with Crippen molar-refractivity contribution < 1.29 is 33.3 Å². The van der Waals surface area contributed by atoms with Gasteiger partial charge in [0.25, 0.3) is 11.5 Å². The number of carbonyl (C=O) groups excluding carboxylic acids is 3. The highest BCUT2D eigenvalue weighted by atomic mass is 16.5. The van der Waals surface area contributed by atoms with E-state index in [-0.39, 0.29) is 50.2 Å². The van der Waals surface area contributed by atoms with Gasteiger partial charge in [-0.15, -0.1) is 0 Å². The van der Waals surface area contributed by atoms with Crippen molar-refractivity contribution in [2.75, 3.05) is 46.5 Å². The first-order valence-corrected chi connectivity index (χ1v) is 15.5. The number of ether oxygens (including phenoxy) is 4. The van der Waals surface area contributed by atoms with E-state index in [1.165, 1.54) is 10.7 Å². The summed E-state index contributed by atoms with van der Waals surface area (Å²) < 4.78 is 24.5. The Hall–Kier alpha value is -4.95. The van der Waals surface area contributed by atoms with Crippen LogP contribution >= 0.6 is 0 Å². The van der Waals surface area contributed by atoms with E-state index in [0.717, 1.165) is 11.1 Å². The van der Waals surface area contributed by atoms with Gasteiger partial charge in [0, 0.05) is 51.0 Å². The lowest BCUT2D eigenvalue weighted by Gasteiger charge is -2.38. The second-order valence-corrected chi connectivity index (χ2v) is 11.4. The highest BCUT2D eigenvalue weighted by Gasteiger charge is 2.33. The molecule has 0 saturated carbocycles. The molecule has 0 radical (unpaired) electrons. The Balaban J connectivity index is 1.34. The van der Waals surface area contributed by atoms with Crippen molar-refractivity contribution in [2.45, 2.75) is 45.6 Å². The lowest BCUT2D eigenvalue weighted by atomic mass is 10.0. The highest BCUT2D eigenvalue weighted by molar-refractivity contribution is 5.95. The van der Waals surface area contributed by atoms with Crippen LogP contribution in [0.3, 0.4) is 0 Å². The molecule has 2 aliphatic rings. The van der Waals surface area contributed by atoms with Crippen LogP contribution in [0.15, 0.2) is 53.3 Å². The van der Waals surface area contributed by atoms with Crippen LogP contribution in [-0.2, 0) is 27.4 Å².